The van der Waals surface area contributed by atoms with Gasteiger partial charge in [-0.3, -0.25) is 4.79 Å². The van der Waals surface area contributed by atoms with E-state index in [2.05, 4.69) is 10.1 Å². The minimum atomic E-state index is -6.21. The number of aryl methyl sites for hydroxylation is 2. The van der Waals surface area contributed by atoms with Crippen molar-refractivity contribution in [3.8, 4) is 16.8 Å². The first-order valence-corrected chi connectivity index (χ1v) is 9.40. The Bertz CT molecular complexity index is 1200. The van der Waals surface area contributed by atoms with E-state index in [1.807, 2.05) is 0 Å². The van der Waals surface area contributed by atoms with Crippen molar-refractivity contribution in [2.45, 2.75) is 31.9 Å². The van der Waals surface area contributed by atoms with Crippen LogP contribution in [0.2, 0.25) is 5.15 Å². The number of nitrogens with two attached hydrogens (primary N) is 1. The van der Waals surface area contributed by atoms with Crippen LogP contribution in [0.5, 0.6) is 0 Å². The molecule has 0 aliphatic rings. The molecule has 0 atom stereocenters. The van der Waals surface area contributed by atoms with Gasteiger partial charge in [0, 0.05) is 17.3 Å². The third-order valence-corrected chi connectivity index (χ3v) is 5.24. The van der Waals surface area contributed by atoms with Gasteiger partial charge in [0.2, 0.25) is 0 Å². The molecule has 33 heavy (non-hydrogen) atoms. The quantitative estimate of drug-likeness (QED) is 0.379. The molecule has 0 spiro atoms. The van der Waals surface area contributed by atoms with Gasteiger partial charge in [-0.1, -0.05) is 23.7 Å². The number of rotatable bonds is 4. The number of benzene rings is 1. The highest BCUT2D eigenvalue weighted by molar-refractivity contribution is 6.32. The Morgan fingerprint density at radius 2 is 1.52 bits per heavy atom. The molecule has 1 aromatic carbocycles. The van der Waals surface area contributed by atoms with Crippen LogP contribution in [-0.4, -0.2) is 33.0 Å². The number of halogens is 8. The first kappa shape index (κ1) is 24.5. The summed E-state index contributed by atoms with van der Waals surface area (Å²) in [5.74, 6) is -0.840. The Morgan fingerprint density at radius 3 is 2.00 bits per heavy atom. The second-order valence-electron chi connectivity index (χ2n) is 7.21. The van der Waals surface area contributed by atoms with Crippen molar-refractivity contribution >= 4 is 17.5 Å². The second kappa shape index (κ2) is 8.01. The maximum atomic E-state index is 14.5. The Kier molecular flexibility index (Phi) is 5.95. The summed E-state index contributed by atoms with van der Waals surface area (Å²) >= 11 is 5.80. The number of alkyl halides is 7. The van der Waals surface area contributed by atoms with Crippen LogP contribution in [-0.2, 0) is 5.67 Å². The van der Waals surface area contributed by atoms with Crippen LogP contribution >= 0.6 is 11.6 Å². The number of primary amides is 1. The van der Waals surface area contributed by atoms with Crippen LogP contribution in [0.25, 0.3) is 16.8 Å². The van der Waals surface area contributed by atoms with Gasteiger partial charge >= 0.3 is 18.0 Å². The van der Waals surface area contributed by atoms with Crippen molar-refractivity contribution < 1.29 is 35.5 Å². The van der Waals surface area contributed by atoms with Crippen LogP contribution in [0.1, 0.15) is 27.0 Å². The smallest absolute Gasteiger partial charge is 0.366 e. The van der Waals surface area contributed by atoms with Gasteiger partial charge in [0.25, 0.3) is 5.91 Å². The molecule has 5 nitrogen and oxygen atoms in total. The fourth-order valence-corrected chi connectivity index (χ4v) is 3.63. The first-order chi connectivity index (χ1) is 15.1. The molecule has 0 saturated carbocycles. The maximum absolute atomic E-state index is 14.5. The molecule has 0 unspecified atom stereocenters. The largest absolute Gasteiger partial charge is 0.435 e. The Morgan fingerprint density at radius 1 is 0.970 bits per heavy atom. The Hall–Kier alpha value is -3.15. The molecular weight excluding hydrogens is 481 g/mol. The summed E-state index contributed by atoms with van der Waals surface area (Å²) in [5.41, 5.74) is -1.18. The van der Waals surface area contributed by atoms with Gasteiger partial charge in [0.1, 0.15) is 5.15 Å². The zero-order chi connectivity index (χ0) is 24.9. The van der Waals surface area contributed by atoms with Gasteiger partial charge in [-0.25, -0.2) is 14.1 Å². The number of carbonyl (C=O) groups excluding carboxylic acids is 1. The highest BCUT2D eigenvalue weighted by Gasteiger charge is 2.73. The molecule has 0 fully saturated rings. The number of hydrogen-bond donors (Lipinski definition) is 1. The molecule has 2 aromatic heterocycles. The minimum Gasteiger partial charge on any atom is -0.366 e. The Balaban J connectivity index is 2.10. The van der Waals surface area contributed by atoms with Crippen LogP contribution in [0.3, 0.4) is 0 Å². The van der Waals surface area contributed by atoms with Crippen molar-refractivity contribution in [2.75, 3.05) is 0 Å². The summed E-state index contributed by atoms with van der Waals surface area (Å²) in [7, 11) is 0. The predicted octanol–water partition coefficient (Wildman–Crippen LogP) is 5.59. The molecule has 1 amide bonds. The SMILES string of the molecule is Cc1cc(C(F)(C(F)(F)F)C(F)(F)F)cc(C)c1-c1cnn(-c2cnc(Cl)c(C(N)=O)c2)c1. The molecule has 0 aliphatic carbocycles. The van der Waals surface area contributed by atoms with Crippen molar-refractivity contribution in [2.24, 2.45) is 5.73 Å². The van der Waals surface area contributed by atoms with E-state index in [-0.39, 0.29) is 33.1 Å². The van der Waals surface area contributed by atoms with E-state index in [9.17, 15) is 35.5 Å². The van der Waals surface area contributed by atoms with Crippen LogP contribution < -0.4 is 5.73 Å². The van der Waals surface area contributed by atoms with E-state index in [0.717, 1.165) is 0 Å². The predicted molar refractivity (Wildman–Crippen MR) is 105 cm³/mol. The van der Waals surface area contributed by atoms with Gasteiger partial charge in [0.15, 0.2) is 0 Å². The summed E-state index contributed by atoms with van der Waals surface area (Å²) < 4.78 is 94.5. The lowest BCUT2D eigenvalue weighted by molar-refractivity contribution is -0.348. The normalized spacial score (nSPS) is 12.8. The number of pyridine rings is 1. The number of amides is 1. The third-order valence-electron chi connectivity index (χ3n) is 4.94. The summed E-state index contributed by atoms with van der Waals surface area (Å²) in [5, 5.41) is 3.94. The topological polar surface area (TPSA) is 73.8 Å². The van der Waals surface area contributed by atoms with Crippen LogP contribution in [0, 0.1) is 13.8 Å². The summed E-state index contributed by atoms with van der Waals surface area (Å²) in [6.45, 7) is 2.51. The lowest BCUT2D eigenvalue weighted by Gasteiger charge is -2.31. The molecule has 3 aromatic rings. The van der Waals surface area contributed by atoms with Crippen molar-refractivity contribution in [3.05, 3.63) is 64.2 Å². The maximum Gasteiger partial charge on any atom is 0.435 e. The molecule has 2 N–H and O–H groups in total. The fraction of sp³-hybridized carbons (Fsp3) is 0.250. The van der Waals surface area contributed by atoms with E-state index < -0.39 is 29.5 Å². The zero-order valence-electron chi connectivity index (χ0n) is 16.8. The summed E-state index contributed by atoms with van der Waals surface area (Å²) in [6.07, 6.45) is -8.45. The van der Waals surface area contributed by atoms with Gasteiger partial charge in [-0.15, -0.1) is 0 Å². The molecular formula is C20H14ClF7N4O. The molecule has 2 heterocycles. The van der Waals surface area contributed by atoms with E-state index in [0.29, 0.717) is 17.7 Å². The summed E-state index contributed by atoms with van der Waals surface area (Å²) in [6, 6.07) is 2.33. The molecule has 0 bridgehead atoms. The standard InChI is InChI=1S/C20H14ClF7N4O/c1-9-3-12(18(22,19(23,24)25)20(26,27)28)4-10(2)15(9)11-6-31-32(8-11)13-5-14(17(29)33)16(21)30-7-13/h3-8H,1-2H3,(H2,29,33). The third kappa shape index (κ3) is 4.14. The van der Waals surface area contributed by atoms with E-state index in [1.54, 1.807) is 0 Å². The van der Waals surface area contributed by atoms with Gasteiger partial charge in [-0.05, 0) is 36.6 Å². The van der Waals surface area contributed by atoms with E-state index in [4.69, 9.17) is 17.3 Å². The number of aromatic nitrogens is 3. The average molecular weight is 495 g/mol. The van der Waals surface area contributed by atoms with Crippen molar-refractivity contribution in [3.63, 3.8) is 0 Å². The van der Waals surface area contributed by atoms with Crippen molar-refractivity contribution in [1.29, 1.82) is 0 Å². The number of hydrogen-bond acceptors (Lipinski definition) is 3. The second-order valence-corrected chi connectivity index (χ2v) is 7.57. The van der Waals surface area contributed by atoms with E-state index >= 15 is 0 Å². The van der Waals surface area contributed by atoms with Crippen molar-refractivity contribution in [1.82, 2.24) is 14.8 Å². The lowest BCUT2D eigenvalue weighted by Crippen LogP contribution is -2.50. The van der Waals surface area contributed by atoms with E-state index in [1.165, 1.54) is 43.2 Å². The molecule has 0 saturated heterocycles. The monoisotopic (exact) mass is 494 g/mol. The minimum absolute atomic E-state index is 0.0351. The highest BCUT2D eigenvalue weighted by Crippen LogP contribution is 2.54. The van der Waals surface area contributed by atoms with Gasteiger partial charge < -0.3 is 5.73 Å². The molecule has 0 aliphatic heterocycles. The Labute approximate surface area is 187 Å². The van der Waals surface area contributed by atoms with Crippen LogP contribution in [0.4, 0.5) is 30.7 Å². The average Bonchev–Trinajstić information content (AvgIpc) is 3.14. The lowest BCUT2D eigenvalue weighted by atomic mass is 9.87. The van der Waals surface area contributed by atoms with Gasteiger partial charge in [0.05, 0.1) is 23.6 Å². The molecule has 0 radical (unpaired) electrons. The molecule has 13 heteroatoms. The summed E-state index contributed by atoms with van der Waals surface area (Å²) in [4.78, 5) is 15.3. The molecule has 3 rings (SSSR count). The van der Waals surface area contributed by atoms with Gasteiger partial charge in [-0.2, -0.15) is 31.4 Å². The zero-order valence-corrected chi connectivity index (χ0v) is 17.6. The first-order valence-electron chi connectivity index (χ1n) is 9.02. The molecule has 176 valence electrons. The fourth-order valence-electron chi connectivity index (χ4n) is 3.43. The number of nitrogens with zero attached hydrogens (tertiary/aromatic N) is 3. The van der Waals surface area contributed by atoms with Crippen LogP contribution in [0.15, 0.2) is 36.8 Å². The highest BCUT2D eigenvalue weighted by atomic mass is 35.5. The number of carbonyl (C=O) groups is 1.